The molecule has 8 heteroatoms. The standard InChI is InChI=1S/C34H23FN2O5/c1-19-9-11-20(12-10-19)31(38)30-29(22-5-4-6-24(18-22)37(41)42)34(32(39)25-7-2-3-8-26(25)33(34)40)28-16-13-21-17-23(35)14-15-27(21)36(28)30/h2-18,28-30H,1H3/t28-,29-,30-/m0/s1. The van der Waals surface area contributed by atoms with Gasteiger partial charge in [-0.05, 0) is 30.7 Å². The molecule has 1 saturated heterocycles. The summed E-state index contributed by atoms with van der Waals surface area (Å²) in [5, 5.41) is 11.9. The number of anilines is 1. The number of rotatable bonds is 4. The maximum absolute atomic E-state index is 14.6. The lowest BCUT2D eigenvalue weighted by Gasteiger charge is -2.37. The number of hydrogen-bond acceptors (Lipinski definition) is 6. The van der Waals surface area contributed by atoms with E-state index in [0.29, 0.717) is 22.4 Å². The first-order valence-corrected chi connectivity index (χ1v) is 13.5. The summed E-state index contributed by atoms with van der Waals surface area (Å²) >= 11 is 0. The van der Waals surface area contributed by atoms with E-state index in [1.54, 1.807) is 77.7 Å². The van der Waals surface area contributed by atoms with Crippen molar-refractivity contribution in [3.8, 4) is 0 Å². The first-order valence-electron chi connectivity index (χ1n) is 13.5. The van der Waals surface area contributed by atoms with Crippen LogP contribution in [-0.4, -0.2) is 34.4 Å². The number of nitro benzene ring substituents is 1. The van der Waals surface area contributed by atoms with Crippen LogP contribution in [0.25, 0.3) is 6.08 Å². The van der Waals surface area contributed by atoms with E-state index in [9.17, 15) is 28.9 Å². The molecule has 0 bridgehead atoms. The van der Waals surface area contributed by atoms with E-state index in [-0.39, 0.29) is 22.6 Å². The van der Waals surface area contributed by atoms with Gasteiger partial charge < -0.3 is 4.90 Å². The van der Waals surface area contributed by atoms with Crippen LogP contribution in [0, 0.1) is 28.3 Å². The van der Waals surface area contributed by atoms with Gasteiger partial charge in [0.05, 0.1) is 11.0 Å². The van der Waals surface area contributed by atoms with Crippen LogP contribution in [0.4, 0.5) is 15.8 Å². The highest BCUT2D eigenvalue weighted by atomic mass is 19.1. The molecule has 4 aromatic carbocycles. The Labute approximate surface area is 240 Å². The smallest absolute Gasteiger partial charge is 0.269 e. The van der Waals surface area contributed by atoms with Crippen LogP contribution in [0.15, 0.2) is 97.1 Å². The second kappa shape index (κ2) is 9.14. The summed E-state index contributed by atoms with van der Waals surface area (Å²) < 4.78 is 14.4. The van der Waals surface area contributed by atoms with Gasteiger partial charge in [0.1, 0.15) is 17.3 Å². The molecule has 0 unspecified atom stereocenters. The molecule has 0 aromatic heterocycles. The van der Waals surface area contributed by atoms with Gasteiger partial charge in [0.25, 0.3) is 5.69 Å². The summed E-state index contributed by atoms with van der Waals surface area (Å²) in [5.41, 5.74) is 1.12. The Morgan fingerprint density at radius 2 is 1.60 bits per heavy atom. The molecule has 0 radical (unpaired) electrons. The van der Waals surface area contributed by atoms with Crippen LogP contribution in [0.2, 0.25) is 0 Å². The minimum Gasteiger partial charge on any atom is -0.352 e. The van der Waals surface area contributed by atoms with Gasteiger partial charge in [-0.1, -0.05) is 78.4 Å². The molecule has 2 aliphatic heterocycles. The summed E-state index contributed by atoms with van der Waals surface area (Å²) in [6.07, 6.45) is 3.37. The van der Waals surface area contributed by atoms with Gasteiger partial charge in [-0.25, -0.2) is 4.39 Å². The van der Waals surface area contributed by atoms with Crippen LogP contribution in [0.5, 0.6) is 0 Å². The van der Waals surface area contributed by atoms with Crippen molar-refractivity contribution in [2.45, 2.75) is 24.9 Å². The molecule has 3 aliphatic rings. The van der Waals surface area contributed by atoms with E-state index in [4.69, 9.17) is 0 Å². The molecule has 42 heavy (non-hydrogen) atoms. The molecular weight excluding hydrogens is 535 g/mol. The molecule has 4 aromatic rings. The first kappa shape index (κ1) is 25.7. The maximum atomic E-state index is 14.6. The Morgan fingerprint density at radius 3 is 2.26 bits per heavy atom. The predicted octanol–water partition coefficient (Wildman–Crippen LogP) is 6.36. The average Bonchev–Trinajstić information content (AvgIpc) is 3.43. The number of aryl methyl sites for hydroxylation is 1. The number of carbonyl (C=O) groups excluding carboxylic acids is 3. The van der Waals surface area contributed by atoms with Crippen LogP contribution < -0.4 is 4.90 Å². The van der Waals surface area contributed by atoms with E-state index in [2.05, 4.69) is 0 Å². The van der Waals surface area contributed by atoms with Crippen molar-refractivity contribution in [3.05, 3.63) is 146 Å². The lowest BCUT2D eigenvalue weighted by molar-refractivity contribution is -0.384. The van der Waals surface area contributed by atoms with Crippen molar-refractivity contribution in [1.82, 2.24) is 0 Å². The van der Waals surface area contributed by atoms with Crippen molar-refractivity contribution in [2.75, 3.05) is 4.90 Å². The van der Waals surface area contributed by atoms with Crippen LogP contribution in [0.3, 0.4) is 0 Å². The quantitative estimate of drug-likeness (QED) is 0.125. The van der Waals surface area contributed by atoms with Gasteiger partial charge in [-0.15, -0.1) is 0 Å². The number of non-ortho nitro benzene ring substituents is 1. The van der Waals surface area contributed by atoms with E-state index < -0.39 is 45.7 Å². The molecule has 2 heterocycles. The number of fused-ring (bicyclic) bond motifs is 5. The number of nitrogens with zero attached hydrogens (tertiary/aromatic N) is 2. The summed E-state index contributed by atoms with van der Waals surface area (Å²) in [5.74, 6) is -2.80. The number of hydrogen-bond donors (Lipinski definition) is 0. The van der Waals surface area contributed by atoms with Gasteiger partial charge in [-0.3, -0.25) is 24.5 Å². The number of halogens is 1. The molecule has 206 valence electrons. The summed E-state index contributed by atoms with van der Waals surface area (Å²) in [6.45, 7) is 1.90. The fourth-order valence-corrected chi connectivity index (χ4v) is 7.04. The summed E-state index contributed by atoms with van der Waals surface area (Å²) in [7, 11) is 0. The largest absolute Gasteiger partial charge is 0.352 e. The van der Waals surface area contributed by atoms with Gasteiger partial charge in [0.2, 0.25) is 0 Å². The zero-order valence-corrected chi connectivity index (χ0v) is 22.4. The average molecular weight is 559 g/mol. The van der Waals surface area contributed by atoms with E-state index in [1.807, 2.05) is 6.92 Å². The number of nitro groups is 1. The van der Waals surface area contributed by atoms with E-state index in [1.165, 1.54) is 30.3 Å². The molecule has 0 saturated carbocycles. The molecule has 7 rings (SSSR count). The minimum atomic E-state index is -1.80. The topological polar surface area (TPSA) is 97.6 Å². The number of ketones is 3. The van der Waals surface area contributed by atoms with Gasteiger partial charge in [-0.2, -0.15) is 0 Å². The fraction of sp³-hybridized carbons (Fsp3) is 0.147. The van der Waals surface area contributed by atoms with Crippen molar-refractivity contribution in [3.63, 3.8) is 0 Å². The second-order valence-electron chi connectivity index (χ2n) is 11.0. The van der Waals surface area contributed by atoms with Gasteiger partial charge >= 0.3 is 0 Å². The Bertz CT molecular complexity index is 1840. The highest BCUT2D eigenvalue weighted by Crippen LogP contribution is 2.61. The van der Waals surface area contributed by atoms with E-state index in [0.717, 1.165) is 5.56 Å². The molecule has 1 fully saturated rings. The Balaban J connectivity index is 1.56. The molecule has 1 spiro atoms. The SMILES string of the molecule is Cc1ccc(C(=O)[C@@H]2[C@H](c3cccc([N+](=O)[O-])c3)C3(C(=O)c4ccccc4C3=O)[C@@H]3C=Cc4cc(F)ccc4N23)cc1. The minimum absolute atomic E-state index is 0.220. The van der Waals surface area contributed by atoms with Crippen LogP contribution >= 0.6 is 0 Å². The summed E-state index contributed by atoms with van der Waals surface area (Å²) in [6, 6.07) is 21.5. The molecule has 0 amide bonds. The lowest BCUT2D eigenvalue weighted by Crippen LogP contribution is -2.48. The van der Waals surface area contributed by atoms with Crippen LogP contribution in [0.1, 0.15) is 53.7 Å². The highest BCUT2D eigenvalue weighted by Gasteiger charge is 2.71. The molecule has 0 N–H and O–H groups in total. The Kier molecular flexibility index (Phi) is 5.59. The Morgan fingerprint density at radius 1 is 0.905 bits per heavy atom. The Hall–Kier alpha value is -5.24. The number of Topliss-reactive ketones (excluding diaryl/α,β-unsaturated/α-hetero) is 3. The third kappa shape index (κ3) is 3.41. The normalized spacial score (nSPS) is 21.3. The molecule has 1 aliphatic carbocycles. The van der Waals surface area contributed by atoms with E-state index >= 15 is 0 Å². The zero-order valence-electron chi connectivity index (χ0n) is 22.4. The van der Waals surface area contributed by atoms with Crippen molar-refractivity contribution in [1.29, 1.82) is 0 Å². The first-order chi connectivity index (χ1) is 20.2. The zero-order chi connectivity index (χ0) is 29.3. The molecule has 7 nitrogen and oxygen atoms in total. The summed E-state index contributed by atoms with van der Waals surface area (Å²) in [4.78, 5) is 56.9. The second-order valence-corrected chi connectivity index (χ2v) is 11.0. The number of carbonyl (C=O) groups is 3. The molecule has 3 atom stereocenters. The van der Waals surface area contributed by atoms with Gasteiger partial charge in [0, 0.05) is 46.0 Å². The third-order valence-electron chi connectivity index (χ3n) is 8.81. The highest BCUT2D eigenvalue weighted by molar-refractivity contribution is 6.32. The lowest BCUT2D eigenvalue weighted by atomic mass is 9.64. The predicted molar refractivity (Wildman–Crippen MR) is 154 cm³/mol. The molecular formula is C34H23FN2O5. The third-order valence-corrected chi connectivity index (χ3v) is 8.81. The van der Waals surface area contributed by atoms with Crippen molar-refractivity contribution >= 4 is 34.8 Å². The fourth-order valence-electron chi connectivity index (χ4n) is 7.04. The van der Waals surface area contributed by atoms with Crippen LogP contribution in [-0.2, 0) is 0 Å². The maximum Gasteiger partial charge on any atom is 0.269 e. The van der Waals surface area contributed by atoms with Crippen molar-refractivity contribution < 1.29 is 23.7 Å². The number of benzene rings is 4. The van der Waals surface area contributed by atoms with Gasteiger partial charge in [0.15, 0.2) is 17.3 Å². The van der Waals surface area contributed by atoms with Crippen molar-refractivity contribution in [2.24, 2.45) is 5.41 Å². The monoisotopic (exact) mass is 558 g/mol.